The van der Waals surface area contributed by atoms with Crippen LogP contribution >= 0.6 is 34.8 Å². The van der Waals surface area contributed by atoms with Gasteiger partial charge in [-0.1, -0.05) is 58.2 Å². The number of amides is 1. The van der Waals surface area contributed by atoms with Crippen LogP contribution in [0.5, 0.6) is 0 Å². The van der Waals surface area contributed by atoms with Crippen LogP contribution in [-0.4, -0.2) is 22.6 Å². The molecule has 1 N–H and O–H groups in total. The van der Waals surface area contributed by atoms with Crippen molar-refractivity contribution >= 4 is 40.7 Å². The summed E-state index contributed by atoms with van der Waals surface area (Å²) < 4.78 is 5.19. The van der Waals surface area contributed by atoms with Crippen molar-refractivity contribution in [2.24, 2.45) is 0 Å². The van der Waals surface area contributed by atoms with E-state index in [-0.39, 0.29) is 10.9 Å². The Morgan fingerprint density at radius 1 is 1.12 bits per heavy atom. The zero-order valence-electron chi connectivity index (χ0n) is 12.8. The highest BCUT2D eigenvalue weighted by Crippen LogP contribution is 2.25. The van der Waals surface area contributed by atoms with E-state index in [0.717, 1.165) is 5.56 Å². The summed E-state index contributed by atoms with van der Waals surface area (Å²) in [5.41, 5.74) is 1.08. The molecule has 1 aromatic heterocycles. The third-order valence-corrected chi connectivity index (χ3v) is 4.43. The van der Waals surface area contributed by atoms with E-state index in [1.165, 1.54) is 0 Å². The highest BCUT2D eigenvalue weighted by atomic mass is 35.5. The van der Waals surface area contributed by atoms with Crippen LogP contribution in [0.1, 0.15) is 16.2 Å². The molecule has 0 saturated heterocycles. The second kappa shape index (κ2) is 7.87. The smallest absolute Gasteiger partial charge is 0.252 e. The molecule has 1 amide bonds. The summed E-state index contributed by atoms with van der Waals surface area (Å²) in [5, 5.41) is 7.80. The standard InChI is InChI=1S/C17H12Cl3N3O2/c18-11-4-1-3-10(9-11)16-22-14(25-23-16)7-8-21-17(24)12-5-2-6-13(19)15(12)20/h1-6,9H,7-8H2,(H,21,24). The molecule has 0 radical (unpaired) electrons. The van der Waals surface area contributed by atoms with Gasteiger partial charge in [0.2, 0.25) is 11.7 Å². The summed E-state index contributed by atoms with van der Waals surface area (Å²) >= 11 is 17.9. The van der Waals surface area contributed by atoms with Gasteiger partial charge in [-0.05, 0) is 24.3 Å². The molecule has 0 atom stereocenters. The van der Waals surface area contributed by atoms with Crippen molar-refractivity contribution in [1.29, 1.82) is 0 Å². The van der Waals surface area contributed by atoms with Crippen molar-refractivity contribution in [3.63, 3.8) is 0 Å². The number of halogens is 3. The van der Waals surface area contributed by atoms with E-state index in [1.807, 2.05) is 12.1 Å². The average molecular weight is 397 g/mol. The van der Waals surface area contributed by atoms with Crippen LogP contribution in [0.2, 0.25) is 15.1 Å². The number of nitrogens with zero attached hydrogens (tertiary/aromatic N) is 2. The lowest BCUT2D eigenvalue weighted by atomic mass is 10.2. The lowest BCUT2D eigenvalue weighted by Crippen LogP contribution is -2.26. The molecule has 0 fully saturated rings. The molecule has 3 aromatic rings. The van der Waals surface area contributed by atoms with E-state index in [9.17, 15) is 4.79 Å². The predicted octanol–water partition coefficient (Wildman–Crippen LogP) is 4.67. The number of hydrogen-bond acceptors (Lipinski definition) is 4. The van der Waals surface area contributed by atoms with Crippen LogP contribution in [0.15, 0.2) is 47.0 Å². The van der Waals surface area contributed by atoms with E-state index >= 15 is 0 Å². The highest BCUT2D eigenvalue weighted by Gasteiger charge is 2.13. The summed E-state index contributed by atoms with van der Waals surface area (Å²) in [7, 11) is 0. The second-order valence-corrected chi connectivity index (χ2v) is 6.35. The third kappa shape index (κ3) is 4.31. The molecule has 0 unspecified atom stereocenters. The van der Waals surface area contributed by atoms with Crippen LogP contribution in [0.3, 0.4) is 0 Å². The molecule has 0 spiro atoms. The third-order valence-electron chi connectivity index (χ3n) is 3.37. The van der Waals surface area contributed by atoms with Gasteiger partial charge in [-0.2, -0.15) is 4.98 Å². The van der Waals surface area contributed by atoms with E-state index in [1.54, 1.807) is 30.3 Å². The minimum Gasteiger partial charge on any atom is -0.351 e. The van der Waals surface area contributed by atoms with Crippen LogP contribution in [0.25, 0.3) is 11.4 Å². The molecule has 2 aromatic carbocycles. The maximum Gasteiger partial charge on any atom is 0.252 e. The van der Waals surface area contributed by atoms with Gasteiger partial charge in [0.25, 0.3) is 5.91 Å². The van der Waals surface area contributed by atoms with Gasteiger partial charge in [0.1, 0.15) is 0 Å². The molecular weight excluding hydrogens is 385 g/mol. The van der Waals surface area contributed by atoms with Crippen molar-refractivity contribution in [2.75, 3.05) is 6.54 Å². The van der Waals surface area contributed by atoms with Crippen molar-refractivity contribution in [1.82, 2.24) is 15.5 Å². The summed E-state index contributed by atoms with van der Waals surface area (Å²) in [6.45, 7) is 0.318. The zero-order chi connectivity index (χ0) is 17.8. The van der Waals surface area contributed by atoms with Gasteiger partial charge < -0.3 is 9.84 Å². The molecule has 1 heterocycles. The van der Waals surface area contributed by atoms with Gasteiger partial charge in [-0.15, -0.1) is 0 Å². The Labute approximate surface area is 158 Å². The second-order valence-electron chi connectivity index (χ2n) is 5.13. The van der Waals surface area contributed by atoms with Gasteiger partial charge in [0, 0.05) is 23.6 Å². The van der Waals surface area contributed by atoms with E-state index in [4.69, 9.17) is 39.3 Å². The quantitative estimate of drug-likeness (QED) is 0.680. The van der Waals surface area contributed by atoms with Crippen LogP contribution < -0.4 is 5.32 Å². The fourth-order valence-corrected chi connectivity index (χ4v) is 2.74. The van der Waals surface area contributed by atoms with Gasteiger partial charge in [-0.3, -0.25) is 4.79 Å². The molecule has 5 nitrogen and oxygen atoms in total. The predicted molar refractivity (Wildman–Crippen MR) is 97.2 cm³/mol. The fourth-order valence-electron chi connectivity index (χ4n) is 2.16. The summed E-state index contributed by atoms with van der Waals surface area (Å²) in [5.74, 6) is 0.538. The maximum atomic E-state index is 12.1. The lowest BCUT2D eigenvalue weighted by molar-refractivity contribution is 0.0953. The first-order valence-electron chi connectivity index (χ1n) is 7.35. The van der Waals surface area contributed by atoms with Crippen LogP contribution in [0, 0.1) is 0 Å². The number of benzene rings is 2. The molecule has 8 heteroatoms. The van der Waals surface area contributed by atoms with Crippen LogP contribution in [-0.2, 0) is 6.42 Å². The Bertz CT molecular complexity index is 912. The highest BCUT2D eigenvalue weighted by molar-refractivity contribution is 6.43. The molecule has 0 aliphatic carbocycles. The summed E-state index contributed by atoms with van der Waals surface area (Å²) in [6.07, 6.45) is 0.386. The Balaban J connectivity index is 1.59. The SMILES string of the molecule is O=C(NCCc1nc(-c2cccc(Cl)c2)no1)c1cccc(Cl)c1Cl. The first-order valence-corrected chi connectivity index (χ1v) is 8.48. The number of hydrogen-bond donors (Lipinski definition) is 1. The molecular formula is C17H12Cl3N3O2. The normalized spacial score (nSPS) is 10.7. The lowest BCUT2D eigenvalue weighted by Gasteiger charge is -2.06. The Kier molecular flexibility index (Phi) is 5.58. The van der Waals surface area contributed by atoms with Gasteiger partial charge in [0.15, 0.2) is 0 Å². The molecule has 0 aliphatic rings. The van der Waals surface area contributed by atoms with Crippen molar-refractivity contribution in [3.8, 4) is 11.4 Å². The minimum atomic E-state index is -0.318. The molecule has 128 valence electrons. The van der Waals surface area contributed by atoms with Crippen molar-refractivity contribution in [3.05, 3.63) is 69.0 Å². The fraction of sp³-hybridized carbons (Fsp3) is 0.118. The summed E-state index contributed by atoms with van der Waals surface area (Å²) in [6, 6.07) is 12.1. The largest absolute Gasteiger partial charge is 0.351 e. The van der Waals surface area contributed by atoms with E-state index < -0.39 is 0 Å². The van der Waals surface area contributed by atoms with Crippen molar-refractivity contribution < 1.29 is 9.32 Å². The van der Waals surface area contributed by atoms with Gasteiger partial charge in [-0.25, -0.2) is 0 Å². The maximum absolute atomic E-state index is 12.1. The Morgan fingerprint density at radius 2 is 1.92 bits per heavy atom. The molecule has 0 saturated carbocycles. The monoisotopic (exact) mass is 395 g/mol. The molecule has 0 aliphatic heterocycles. The number of nitrogens with one attached hydrogen (secondary N) is 1. The molecule has 0 bridgehead atoms. The number of rotatable bonds is 5. The van der Waals surface area contributed by atoms with E-state index in [0.29, 0.717) is 40.3 Å². The first-order chi connectivity index (χ1) is 12.0. The Hall–Kier alpha value is -2.08. The number of carbonyl (C=O) groups excluding carboxylic acids is 1. The average Bonchev–Trinajstić information content (AvgIpc) is 3.06. The van der Waals surface area contributed by atoms with Gasteiger partial charge >= 0.3 is 0 Å². The van der Waals surface area contributed by atoms with Crippen molar-refractivity contribution in [2.45, 2.75) is 6.42 Å². The minimum absolute atomic E-state index is 0.225. The molecule has 3 rings (SSSR count). The van der Waals surface area contributed by atoms with Gasteiger partial charge in [0.05, 0.1) is 15.6 Å². The summed E-state index contributed by atoms with van der Waals surface area (Å²) in [4.78, 5) is 16.4. The Morgan fingerprint density at radius 3 is 2.72 bits per heavy atom. The topological polar surface area (TPSA) is 68.0 Å². The zero-order valence-corrected chi connectivity index (χ0v) is 15.1. The van der Waals surface area contributed by atoms with Crippen LogP contribution in [0.4, 0.5) is 0 Å². The number of aromatic nitrogens is 2. The number of carbonyl (C=O) groups is 1. The van der Waals surface area contributed by atoms with E-state index in [2.05, 4.69) is 15.5 Å². The first kappa shape index (κ1) is 17.7. The molecule has 25 heavy (non-hydrogen) atoms.